The number of ether oxygens (including phenoxy) is 1. The van der Waals surface area contributed by atoms with Crippen LogP contribution in [0, 0.1) is 0 Å². The topological polar surface area (TPSA) is 73.4 Å². The maximum atomic E-state index is 12.7. The number of hydrogen-bond donors (Lipinski definition) is 0. The van der Waals surface area contributed by atoms with Gasteiger partial charge in [-0.05, 0) is 48.5 Å². The Labute approximate surface area is 195 Å². The van der Waals surface area contributed by atoms with Crippen LogP contribution in [0.2, 0.25) is 5.02 Å². The van der Waals surface area contributed by atoms with Crippen molar-refractivity contribution in [2.75, 3.05) is 19.9 Å². The lowest BCUT2D eigenvalue weighted by molar-refractivity contribution is -0.127. The molecule has 2 aromatic heterocycles. The predicted octanol–water partition coefficient (Wildman–Crippen LogP) is 4.94. The number of furan rings is 1. The van der Waals surface area contributed by atoms with Gasteiger partial charge in [-0.25, -0.2) is 0 Å². The number of nitrogens with zero attached hydrogens (tertiary/aromatic N) is 4. The Balaban J connectivity index is 1.36. The highest BCUT2D eigenvalue weighted by Crippen LogP contribution is 2.25. The standard InChI is InChI=1S/C23H21ClN4O3S/c1-27(13-20-10-11-21(31-20)16-6-8-17(24)9-7-16)22(29)14-32-23-26-25-15-28(23)18-4-3-5-19(12-18)30-2/h3-12,15H,13-14H2,1-2H3. The van der Waals surface area contributed by atoms with Crippen LogP contribution in [0.25, 0.3) is 17.0 Å². The molecule has 0 radical (unpaired) electrons. The Morgan fingerprint density at radius 1 is 1.19 bits per heavy atom. The minimum atomic E-state index is -0.0420. The fraction of sp³-hybridized carbons (Fsp3) is 0.174. The molecule has 0 N–H and O–H groups in total. The average molecular weight is 469 g/mol. The summed E-state index contributed by atoms with van der Waals surface area (Å²) in [6.45, 7) is 0.371. The first-order valence-electron chi connectivity index (χ1n) is 9.79. The van der Waals surface area contributed by atoms with Crippen molar-refractivity contribution in [2.45, 2.75) is 11.7 Å². The molecule has 4 aromatic rings. The van der Waals surface area contributed by atoms with Gasteiger partial charge >= 0.3 is 0 Å². The van der Waals surface area contributed by atoms with Crippen LogP contribution >= 0.6 is 23.4 Å². The van der Waals surface area contributed by atoms with E-state index in [2.05, 4.69) is 10.2 Å². The Hall–Kier alpha value is -3.23. The quantitative estimate of drug-likeness (QED) is 0.341. The second-order valence-electron chi connectivity index (χ2n) is 7.00. The largest absolute Gasteiger partial charge is 0.497 e. The van der Waals surface area contributed by atoms with E-state index in [4.69, 9.17) is 20.8 Å². The van der Waals surface area contributed by atoms with Gasteiger partial charge in [0.05, 0.1) is 25.1 Å². The van der Waals surface area contributed by atoms with Crippen LogP contribution < -0.4 is 4.74 Å². The summed E-state index contributed by atoms with van der Waals surface area (Å²) in [4.78, 5) is 14.3. The number of rotatable bonds is 8. The number of benzene rings is 2. The summed E-state index contributed by atoms with van der Waals surface area (Å²) in [6.07, 6.45) is 1.62. The summed E-state index contributed by atoms with van der Waals surface area (Å²) in [5.74, 6) is 2.36. The van der Waals surface area contributed by atoms with E-state index in [1.807, 2.05) is 65.2 Å². The fourth-order valence-electron chi connectivity index (χ4n) is 3.05. The first-order valence-corrected chi connectivity index (χ1v) is 11.2. The number of amides is 1. The molecule has 0 saturated carbocycles. The Bertz CT molecular complexity index is 1210. The van der Waals surface area contributed by atoms with Crippen LogP contribution in [-0.2, 0) is 11.3 Å². The summed E-state index contributed by atoms with van der Waals surface area (Å²) in [5, 5.41) is 9.43. The summed E-state index contributed by atoms with van der Waals surface area (Å²) in [7, 11) is 3.37. The normalized spacial score (nSPS) is 10.8. The molecule has 0 aliphatic carbocycles. The molecule has 2 aromatic carbocycles. The number of halogens is 1. The fourth-order valence-corrected chi connectivity index (χ4v) is 4.05. The molecule has 1 amide bonds. The van der Waals surface area contributed by atoms with Crippen LogP contribution in [0.4, 0.5) is 0 Å². The summed E-state index contributed by atoms with van der Waals surface area (Å²) < 4.78 is 13.0. The van der Waals surface area contributed by atoms with Crippen molar-refractivity contribution < 1.29 is 13.9 Å². The number of carbonyl (C=O) groups is 1. The molecule has 0 saturated heterocycles. The van der Waals surface area contributed by atoms with Crippen molar-refractivity contribution >= 4 is 29.3 Å². The third-order valence-electron chi connectivity index (χ3n) is 4.78. The molecular weight excluding hydrogens is 448 g/mol. The van der Waals surface area contributed by atoms with Gasteiger partial charge in [-0.1, -0.05) is 29.4 Å². The minimum absolute atomic E-state index is 0.0420. The third-order valence-corrected chi connectivity index (χ3v) is 5.96. The van der Waals surface area contributed by atoms with E-state index in [0.717, 1.165) is 22.8 Å². The van der Waals surface area contributed by atoms with Gasteiger partial charge in [0.1, 0.15) is 23.6 Å². The zero-order valence-electron chi connectivity index (χ0n) is 17.6. The number of thioether (sulfide) groups is 1. The van der Waals surface area contributed by atoms with Crippen LogP contribution in [0.15, 0.2) is 76.6 Å². The first-order chi connectivity index (χ1) is 15.5. The van der Waals surface area contributed by atoms with Crippen LogP contribution in [-0.4, -0.2) is 45.5 Å². The molecule has 0 atom stereocenters. The molecule has 0 spiro atoms. The first kappa shape index (κ1) is 22.0. The van der Waals surface area contributed by atoms with Gasteiger partial charge in [0.25, 0.3) is 0 Å². The lowest BCUT2D eigenvalue weighted by atomic mass is 10.2. The van der Waals surface area contributed by atoms with Gasteiger partial charge < -0.3 is 14.1 Å². The SMILES string of the molecule is COc1cccc(-n2cnnc2SCC(=O)N(C)Cc2ccc(-c3ccc(Cl)cc3)o2)c1. The number of aromatic nitrogens is 3. The van der Waals surface area contributed by atoms with Gasteiger partial charge in [0.15, 0.2) is 5.16 Å². The highest BCUT2D eigenvalue weighted by molar-refractivity contribution is 7.99. The molecule has 0 aliphatic rings. The van der Waals surface area contributed by atoms with Gasteiger partial charge in [-0.15, -0.1) is 10.2 Å². The lowest BCUT2D eigenvalue weighted by Crippen LogP contribution is -2.27. The van der Waals surface area contributed by atoms with Crippen molar-refractivity contribution in [2.24, 2.45) is 0 Å². The van der Waals surface area contributed by atoms with Crippen molar-refractivity contribution in [3.8, 4) is 22.8 Å². The zero-order valence-corrected chi connectivity index (χ0v) is 19.1. The van der Waals surface area contributed by atoms with E-state index in [1.165, 1.54) is 11.8 Å². The molecule has 32 heavy (non-hydrogen) atoms. The Morgan fingerprint density at radius 3 is 2.78 bits per heavy atom. The molecule has 4 rings (SSSR count). The highest BCUT2D eigenvalue weighted by atomic mass is 35.5. The Morgan fingerprint density at radius 2 is 2.00 bits per heavy atom. The second-order valence-corrected chi connectivity index (χ2v) is 8.38. The molecule has 0 aliphatic heterocycles. The second kappa shape index (κ2) is 9.93. The lowest BCUT2D eigenvalue weighted by Gasteiger charge is -2.15. The van der Waals surface area contributed by atoms with Gasteiger partial charge in [-0.2, -0.15) is 0 Å². The maximum absolute atomic E-state index is 12.7. The van der Waals surface area contributed by atoms with E-state index < -0.39 is 0 Å². The molecule has 0 fully saturated rings. The van der Waals surface area contributed by atoms with Crippen molar-refractivity contribution in [3.05, 3.63) is 77.8 Å². The van der Waals surface area contributed by atoms with Gasteiger partial charge in [0.2, 0.25) is 5.91 Å². The van der Waals surface area contributed by atoms with Gasteiger partial charge in [-0.3, -0.25) is 9.36 Å². The number of carbonyl (C=O) groups excluding carboxylic acids is 1. The van der Waals surface area contributed by atoms with E-state index >= 15 is 0 Å². The smallest absolute Gasteiger partial charge is 0.233 e. The minimum Gasteiger partial charge on any atom is -0.497 e. The molecule has 2 heterocycles. The van der Waals surface area contributed by atoms with E-state index in [9.17, 15) is 4.79 Å². The van der Waals surface area contributed by atoms with E-state index in [1.54, 1.807) is 25.4 Å². The van der Waals surface area contributed by atoms with Crippen LogP contribution in [0.1, 0.15) is 5.76 Å². The van der Waals surface area contributed by atoms with Crippen LogP contribution in [0.5, 0.6) is 5.75 Å². The van der Waals surface area contributed by atoms with Crippen molar-refractivity contribution in [1.29, 1.82) is 0 Å². The monoisotopic (exact) mass is 468 g/mol. The summed E-state index contributed by atoms with van der Waals surface area (Å²) >= 11 is 7.27. The van der Waals surface area contributed by atoms with Crippen LogP contribution in [0.3, 0.4) is 0 Å². The molecule has 9 heteroatoms. The predicted molar refractivity (Wildman–Crippen MR) is 124 cm³/mol. The van der Waals surface area contributed by atoms with Gasteiger partial charge in [0, 0.05) is 23.7 Å². The Kier molecular flexibility index (Phi) is 6.82. The molecule has 0 unspecified atom stereocenters. The molecular formula is C23H21ClN4O3S. The number of hydrogen-bond acceptors (Lipinski definition) is 6. The van der Waals surface area contributed by atoms with E-state index in [-0.39, 0.29) is 11.7 Å². The third kappa shape index (κ3) is 5.15. The van der Waals surface area contributed by atoms with E-state index in [0.29, 0.717) is 22.5 Å². The maximum Gasteiger partial charge on any atom is 0.233 e. The summed E-state index contributed by atoms with van der Waals surface area (Å²) in [5.41, 5.74) is 1.80. The zero-order chi connectivity index (χ0) is 22.5. The van der Waals surface area contributed by atoms with Crippen molar-refractivity contribution in [3.63, 3.8) is 0 Å². The number of methoxy groups -OCH3 is 1. The highest BCUT2D eigenvalue weighted by Gasteiger charge is 2.15. The average Bonchev–Trinajstić information content (AvgIpc) is 3.47. The molecule has 7 nitrogen and oxygen atoms in total. The molecule has 0 bridgehead atoms. The molecule has 164 valence electrons. The van der Waals surface area contributed by atoms with Crippen molar-refractivity contribution in [1.82, 2.24) is 19.7 Å². The summed E-state index contributed by atoms with van der Waals surface area (Å²) in [6, 6.07) is 18.8.